The topological polar surface area (TPSA) is 74.8 Å². The number of rotatable bonds is 22. The summed E-state index contributed by atoms with van der Waals surface area (Å²) in [6, 6.07) is 0. The van der Waals surface area contributed by atoms with E-state index >= 15 is 0 Å². The lowest BCUT2D eigenvalue weighted by Gasteiger charge is -2.22. The number of hydrogen-bond donors (Lipinski definition) is 0. The van der Waals surface area contributed by atoms with E-state index in [0.717, 1.165) is 52.4 Å². The first-order chi connectivity index (χ1) is 15.9. The Balaban J connectivity index is 3.61. The van der Waals surface area contributed by atoms with Gasteiger partial charge in [0.1, 0.15) is 13.2 Å². The van der Waals surface area contributed by atoms with E-state index in [9.17, 15) is 9.59 Å². The van der Waals surface area contributed by atoms with Crippen LogP contribution in [0.5, 0.6) is 0 Å². The molecule has 9 nitrogen and oxygen atoms in total. The van der Waals surface area contributed by atoms with Gasteiger partial charge in [0.15, 0.2) is 0 Å². The summed E-state index contributed by atoms with van der Waals surface area (Å²) in [5.74, 6) is -0.435. The third-order valence-electron chi connectivity index (χ3n) is 5.76. The van der Waals surface area contributed by atoms with Crippen molar-refractivity contribution in [2.24, 2.45) is 0 Å². The van der Waals surface area contributed by atoms with Gasteiger partial charge in [-0.1, -0.05) is 27.7 Å². The van der Waals surface area contributed by atoms with Crippen molar-refractivity contribution >= 4 is 11.9 Å². The van der Waals surface area contributed by atoms with Crippen LogP contribution in [0, 0.1) is 0 Å². The van der Waals surface area contributed by atoms with Crippen molar-refractivity contribution in [1.29, 1.82) is 0 Å². The summed E-state index contributed by atoms with van der Waals surface area (Å²) in [6.45, 7) is 19.1. The van der Waals surface area contributed by atoms with E-state index in [1.165, 1.54) is 0 Å². The van der Waals surface area contributed by atoms with E-state index in [0.29, 0.717) is 39.1 Å². The molecule has 0 atom stereocenters. The Morgan fingerprint density at radius 2 is 0.909 bits per heavy atom. The van der Waals surface area contributed by atoms with Crippen molar-refractivity contribution in [3.63, 3.8) is 0 Å². The second-order valence-corrected chi connectivity index (χ2v) is 8.21. The molecule has 0 radical (unpaired) electrons. The first-order valence-electron chi connectivity index (χ1n) is 12.6. The van der Waals surface area contributed by atoms with Gasteiger partial charge in [-0.15, -0.1) is 0 Å². The number of hydrogen-bond acceptors (Lipinski definition) is 9. The molecule has 0 aliphatic rings. The zero-order valence-electron chi connectivity index (χ0n) is 22.1. The maximum atomic E-state index is 11.8. The fraction of sp³-hybridized carbons (Fsp3) is 0.917. The molecule has 0 heterocycles. The molecule has 0 spiro atoms. The van der Waals surface area contributed by atoms with Gasteiger partial charge >= 0.3 is 11.9 Å². The van der Waals surface area contributed by atoms with Gasteiger partial charge in [-0.25, -0.2) is 0 Å². The Morgan fingerprint density at radius 1 is 0.545 bits per heavy atom. The molecule has 0 aromatic carbocycles. The van der Waals surface area contributed by atoms with Crippen LogP contribution in [-0.4, -0.2) is 138 Å². The van der Waals surface area contributed by atoms with Crippen LogP contribution in [0.15, 0.2) is 0 Å². The Morgan fingerprint density at radius 3 is 1.24 bits per heavy atom. The number of esters is 2. The van der Waals surface area contributed by atoms with E-state index < -0.39 is 0 Å². The van der Waals surface area contributed by atoms with E-state index in [4.69, 9.17) is 14.2 Å². The monoisotopic (exact) mass is 474 g/mol. The fourth-order valence-electron chi connectivity index (χ4n) is 3.17. The van der Waals surface area contributed by atoms with Crippen LogP contribution in [0.3, 0.4) is 0 Å². The molecule has 33 heavy (non-hydrogen) atoms. The Bertz CT molecular complexity index is 445. The number of likely N-dealkylation sites (N-methyl/N-ethyl adjacent to an activating group) is 4. The van der Waals surface area contributed by atoms with Crippen LogP contribution in [-0.2, 0) is 23.8 Å². The maximum absolute atomic E-state index is 11.8. The number of carbonyl (C=O) groups excluding carboxylic acids is 2. The lowest BCUT2D eigenvalue weighted by atomic mass is 10.3. The first kappa shape index (κ1) is 31.7. The highest BCUT2D eigenvalue weighted by molar-refractivity contribution is 5.69. The van der Waals surface area contributed by atoms with E-state index in [2.05, 4.69) is 47.3 Å². The van der Waals surface area contributed by atoms with Crippen molar-refractivity contribution in [1.82, 2.24) is 19.6 Å². The normalized spacial score (nSPS) is 11.7. The molecule has 0 saturated heterocycles. The lowest BCUT2D eigenvalue weighted by Crippen LogP contribution is -2.34. The molecule has 9 heteroatoms. The molecule has 0 aliphatic heterocycles. The predicted molar refractivity (Wildman–Crippen MR) is 133 cm³/mol. The van der Waals surface area contributed by atoms with Gasteiger partial charge in [0, 0.05) is 39.3 Å². The van der Waals surface area contributed by atoms with Crippen LogP contribution >= 0.6 is 0 Å². The molecule has 0 amide bonds. The molecular formula is C24H50N4O5. The summed E-state index contributed by atoms with van der Waals surface area (Å²) in [5.41, 5.74) is 0. The molecule has 0 aliphatic carbocycles. The lowest BCUT2D eigenvalue weighted by molar-refractivity contribution is -0.147. The SMILES string of the molecule is CCN(CC)CCN(C)CCC(=O)OCCOCCOC(=O)CCN(C)CCN(CC)CC. The summed E-state index contributed by atoms with van der Waals surface area (Å²) < 4.78 is 15.8. The molecular weight excluding hydrogens is 424 g/mol. The largest absolute Gasteiger partial charge is 0.463 e. The summed E-state index contributed by atoms with van der Waals surface area (Å²) in [7, 11) is 4.04. The van der Waals surface area contributed by atoms with E-state index in [1.807, 2.05) is 14.1 Å². The van der Waals surface area contributed by atoms with Crippen molar-refractivity contribution in [3.8, 4) is 0 Å². The molecule has 0 saturated carbocycles. The average molecular weight is 475 g/mol. The molecule has 0 unspecified atom stereocenters. The highest BCUT2D eigenvalue weighted by Gasteiger charge is 2.09. The van der Waals surface area contributed by atoms with Crippen LogP contribution in [0.2, 0.25) is 0 Å². The zero-order chi connectivity index (χ0) is 24.9. The van der Waals surface area contributed by atoms with E-state index in [-0.39, 0.29) is 25.2 Å². The molecule has 0 N–H and O–H groups in total. The third kappa shape index (κ3) is 18.8. The van der Waals surface area contributed by atoms with Crippen LogP contribution in [0.4, 0.5) is 0 Å². The summed E-state index contributed by atoms with van der Waals surface area (Å²) in [6.07, 6.45) is 0.742. The fourth-order valence-corrected chi connectivity index (χ4v) is 3.17. The highest BCUT2D eigenvalue weighted by Crippen LogP contribution is 1.96. The van der Waals surface area contributed by atoms with Crippen LogP contribution < -0.4 is 0 Å². The third-order valence-corrected chi connectivity index (χ3v) is 5.76. The quantitative estimate of drug-likeness (QED) is 0.171. The Kier molecular flexibility index (Phi) is 20.5. The molecule has 0 fully saturated rings. The molecule has 0 rings (SSSR count). The zero-order valence-corrected chi connectivity index (χ0v) is 22.1. The Labute approximate surface area is 202 Å². The number of nitrogens with zero attached hydrogens (tertiary/aromatic N) is 4. The minimum absolute atomic E-state index is 0.216. The summed E-state index contributed by atoms with van der Waals surface area (Å²) in [5, 5.41) is 0. The van der Waals surface area contributed by atoms with Gasteiger partial charge in [-0.3, -0.25) is 9.59 Å². The second kappa shape index (κ2) is 21.3. The molecule has 0 aromatic heterocycles. The second-order valence-electron chi connectivity index (χ2n) is 8.21. The Hall–Kier alpha value is -1.26. The number of carbonyl (C=O) groups is 2. The average Bonchev–Trinajstić information content (AvgIpc) is 2.82. The van der Waals surface area contributed by atoms with Gasteiger partial charge in [-0.05, 0) is 40.3 Å². The van der Waals surface area contributed by atoms with Crippen molar-refractivity contribution in [2.75, 3.05) is 106 Å². The van der Waals surface area contributed by atoms with Crippen molar-refractivity contribution in [3.05, 3.63) is 0 Å². The van der Waals surface area contributed by atoms with Crippen LogP contribution in [0.1, 0.15) is 40.5 Å². The first-order valence-corrected chi connectivity index (χ1v) is 12.6. The minimum atomic E-state index is -0.218. The van der Waals surface area contributed by atoms with Gasteiger partial charge < -0.3 is 33.8 Å². The summed E-state index contributed by atoms with van der Waals surface area (Å²) in [4.78, 5) is 32.7. The predicted octanol–water partition coefficient (Wildman–Crippen LogP) is 1.42. The maximum Gasteiger partial charge on any atom is 0.307 e. The van der Waals surface area contributed by atoms with Crippen LogP contribution in [0.25, 0.3) is 0 Å². The molecule has 0 bridgehead atoms. The molecule has 196 valence electrons. The highest BCUT2D eigenvalue weighted by atomic mass is 16.6. The van der Waals surface area contributed by atoms with Crippen molar-refractivity contribution < 1.29 is 23.8 Å². The van der Waals surface area contributed by atoms with E-state index in [1.54, 1.807) is 0 Å². The minimum Gasteiger partial charge on any atom is -0.463 e. The van der Waals surface area contributed by atoms with Gasteiger partial charge in [0.25, 0.3) is 0 Å². The van der Waals surface area contributed by atoms with Crippen molar-refractivity contribution in [2.45, 2.75) is 40.5 Å². The number of ether oxygens (including phenoxy) is 3. The standard InChI is InChI=1S/C24H50N4O5/c1-7-27(8-2)17-15-25(5)13-11-23(29)32-21-19-31-20-22-33-24(30)12-14-26(6)16-18-28(9-3)10-4/h7-22H2,1-6H3. The van der Waals surface area contributed by atoms with Gasteiger partial charge in [0.2, 0.25) is 0 Å². The smallest absolute Gasteiger partial charge is 0.307 e. The van der Waals surface area contributed by atoms with Gasteiger partial charge in [-0.2, -0.15) is 0 Å². The summed E-state index contributed by atoms with van der Waals surface area (Å²) >= 11 is 0. The molecule has 0 aromatic rings. The van der Waals surface area contributed by atoms with Gasteiger partial charge in [0.05, 0.1) is 26.1 Å².